The number of benzene rings is 4. The highest BCUT2D eigenvalue weighted by molar-refractivity contribution is 6.05. The van der Waals surface area contributed by atoms with Gasteiger partial charge in [-0.2, -0.15) is 0 Å². The average Bonchev–Trinajstić information content (AvgIpc) is 3.29. The molecule has 15 nitrogen and oxygen atoms in total. The van der Waals surface area contributed by atoms with E-state index in [4.69, 9.17) is 10.4 Å². The number of nitrogens with zero attached hydrogens (tertiary/aromatic N) is 3. The van der Waals surface area contributed by atoms with Crippen molar-refractivity contribution in [3.8, 4) is 11.1 Å². The van der Waals surface area contributed by atoms with Crippen LogP contribution in [0.5, 0.6) is 0 Å². The zero-order valence-corrected chi connectivity index (χ0v) is 33.3. The number of pyridine rings is 1. The molecule has 0 radical (unpaired) electrons. The molecule has 0 saturated heterocycles. The van der Waals surface area contributed by atoms with Crippen LogP contribution in [0.15, 0.2) is 134 Å². The lowest BCUT2D eigenvalue weighted by molar-refractivity contribution is -0.129. The van der Waals surface area contributed by atoms with Gasteiger partial charge in [-0.25, -0.2) is 20.5 Å². The highest BCUT2D eigenvalue weighted by atomic mass is 16.5. The van der Waals surface area contributed by atoms with Gasteiger partial charge in [-0.3, -0.25) is 45.2 Å². The first-order chi connectivity index (χ1) is 29.6. The monoisotopic (exact) mass is 825 g/mol. The van der Waals surface area contributed by atoms with Gasteiger partial charge in [-0.1, -0.05) is 91.3 Å². The van der Waals surface area contributed by atoms with Crippen molar-refractivity contribution in [3.63, 3.8) is 0 Å². The zero-order valence-electron chi connectivity index (χ0n) is 33.3. The van der Waals surface area contributed by atoms with Gasteiger partial charge in [0.15, 0.2) is 0 Å². The zero-order chi connectivity index (χ0) is 43.4. The molecule has 5 aromatic rings. The summed E-state index contributed by atoms with van der Waals surface area (Å²) in [5.74, 6) is -2.34. The smallest absolute Gasteiger partial charge is 0.320 e. The Morgan fingerprint density at radius 2 is 1.25 bits per heavy atom. The van der Waals surface area contributed by atoms with Crippen LogP contribution in [0, 0.1) is 0 Å². The first-order valence-electron chi connectivity index (χ1n) is 19.6. The summed E-state index contributed by atoms with van der Waals surface area (Å²) in [5.41, 5.74) is 8.13. The van der Waals surface area contributed by atoms with Crippen molar-refractivity contribution in [2.24, 2.45) is 0 Å². The molecule has 0 fully saturated rings. The van der Waals surface area contributed by atoms with Crippen molar-refractivity contribution in [1.29, 1.82) is 0 Å². The van der Waals surface area contributed by atoms with Gasteiger partial charge in [0.25, 0.3) is 17.7 Å². The van der Waals surface area contributed by atoms with E-state index in [1.54, 1.807) is 95.4 Å². The molecule has 0 spiro atoms. The molecule has 4 aromatic carbocycles. The van der Waals surface area contributed by atoms with Gasteiger partial charge < -0.3 is 9.80 Å². The Morgan fingerprint density at radius 1 is 0.590 bits per heavy atom. The van der Waals surface area contributed by atoms with E-state index in [1.165, 1.54) is 22.5 Å². The van der Waals surface area contributed by atoms with E-state index in [0.717, 1.165) is 16.8 Å². The summed E-state index contributed by atoms with van der Waals surface area (Å²) in [5, 5.41) is 22.4. The number of imide groups is 2. The average molecular weight is 826 g/mol. The predicted molar refractivity (Wildman–Crippen MR) is 227 cm³/mol. The van der Waals surface area contributed by atoms with Crippen LogP contribution in [0.4, 0.5) is 9.59 Å². The molecule has 8 amide bonds. The summed E-state index contributed by atoms with van der Waals surface area (Å²) < 4.78 is 0. The van der Waals surface area contributed by atoms with E-state index in [2.05, 4.69) is 15.6 Å². The van der Waals surface area contributed by atoms with Crippen molar-refractivity contribution in [2.75, 3.05) is 13.1 Å². The third-order valence-corrected chi connectivity index (χ3v) is 9.55. The van der Waals surface area contributed by atoms with E-state index in [9.17, 15) is 28.8 Å². The third kappa shape index (κ3) is 14.4. The van der Waals surface area contributed by atoms with Crippen molar-refractivity contribution in [1.82, 2.24) is 36.4 Å². The Hall–Kier alpha value is -7.49. The highest BCUT2D eigenvalue weighted by Gasteiger charge is 2.20. The molecule has 0 unspecified atom stereocenters. The minimum absolute atomic E-state index is 0.160. The molecular formula is C46H47N7O8. The third-order valence-electron chi connectivity index (χ3n) is 9.55. The Morgan fingerprint density at radius 3 is 1.90 bits per heavy atom. The molecule has 0 bridgehead atoms. The van der Waals surface area contributed by atoms with Crippen LogP contribution in [0.1, 0.15) is 68.8 Å². The number of carbonyl (C=O) groups is 6. The highest BCUT2D eigenvalue weighted by Crippen LogP contribution is 2.22. The maximum absolute atomic E-state index is 13.5. The first-order valence-corrected chi connectivity index (χ1v) is 19.6. The summed E-state index contributed by atoms with van der Waals surface area (Å²) >= 11 is 0. The number of hydrogen-bond acceptors (Lipinski definition) is 9. The molecule has 15 heteroatoms. The Labute approximate surface area is 353 Å². The standard InChI is InChI=1S/C46H47N7O8/c54-41(50-60)15-5-2-8-28-52(31-34-10-3-1-4-11-34)45(58)49-44(57)39-13-9-12-38(30-39)36-21-23-37(24-22-36)43(56)48-46(59)53(29-26-40-14-6-7-27-47-40)32-35-18-16-33(17-19-35)20-25-42(55)51-61/h1,3-4,6-7,9-14,16-25,27,30,60-61H,2,5,8,15,26,28-29,31-32H2,(H,50,54)(H,51,55)(H,48,56,59)(H,49,57,58)/b25-20+. The van der Waals surface area contributed by atoms with Crippen LogP contribution in [0.25, 0.3) is 17.2 Å². The number of rotatable bonds is 18. The molecule has 5 rings (SSSR count). The Balaban J connectivity index is 1.21. The normalized spacial score (nSPS) is 10.7. The van der Waals surface area contributed by atoms with E-state index < -0.39 is 35.7 Å². The molecule has 0 aliphatic heterocycles. The number of aromatic nitrogens is 1. The Kier molecular flexibility index (Phi) is 17.0. The van der Waals surface area contributed by atoms with Gasteiger partial charge in [-0.05, 0) is 83.1 Å². The number of amides is 8. The van der Waals surface area contributed by atoms with Crippen LogP contribution < -0.4 is 21.6 Å². The molecule has 0 atom stereocenters. The van der Waals surface area contributed by atoms with Gasteiger partial charge >= 0.3 is 12.1 Å². The van der Waals surface area contributed by atoms with Crippen molar-refractivity contribution in [2.45, 2.75) is 45.2 Å². The minimum atomic E-state index is -0.665. The van der Waals surface area contributed by atoms with Crippen molar-refractivity contribution < 1.29 is 39.2 Å². The van der Waals surface area contributed by atoms with Gasteiger partial charge in [-0.15, -0.1) is 0 Å². The predicted octanol–water partition coefficient (Wildman–Crippen LogP) is 6.28. The fraction of sp³-hybridized carbons (Fsp3) is 0.196. The molecular weight excluding hydrogens is 779 g/mol. The van der Waals surface area contributed by atoms with Crippen molar-refractivity contribution in [3.05, 3.63) is 167 Å². The second-order valence-electron chi connectivity index (χ2n) is 14.0. The molecule has 0 aliphatic rings. The van der Waals surface area contributed by atoms with Gasteiger partial charge in [0.2, 0.25) is 5.91 Å². The number of urea groups is 2. The maximum Gasteiger partial charge on any atom is 0.324 e. The number of unbranched alkanes of at least 4 members (excludes halogenated alkanes) is 2. The van der Waals surface area contributed by atoms with Crippen molar-refractivity contribution >= 4 is 41.8 Å². The van der Waals surface area contributed by atoms with Crippen LogP contribution in [-0.2, 0) is 29.1 Å². The van der Waals surface area contributed by atoms with Crippen LogP contribution >= 0.6 is 0 Å². The second-order valence-corrected chi connectivity index (χ2v) is 14.0. The SMILES string of the molecule is O=C(/C=C/c1ccc(CN(CCc2ccccn2)C(=O)NC(=O)c2ccc(-c3cccc(C(=O)NC(=O)N(CCCCCC(=O)NO)Cc4ccccc4)c3)cc2)cc1)NO. The van der Waals surface area contributed by atoms with Crippen LogP contribution in [0.3, 0.4) is 0 Å². The topological polar surface area (TPSA) is 210 Å². The van der Waals surface area contributed by atoms with Crippen LogP contribution in [0.2, 0.25) is 0 Å². The molecule has 0 saturated carbocycles. The number of hydrogen-bond donors (Lipinski definition) is 6. The lowest BCUT2D eigenvalue weighted by atomic mass is 10.0. The lowest BCUT2D eigenvalue weighted by Crippen LogP contribution is -2.43. The number of nitrogens with one attached hydrogen (secondary N) is 4. The molecule has 6 N–H and O–H groups in total. The van der Waals surface area contributed by atoms with E-state index in [-0.39, 0.29) is 37.2 Å². The quantitative estimate of drug-likeness (QED) is 0.0254. The number of carbonyl (C=O) groups excluding carboxylic acids is 6. The maximum atomic E-state index is 13.5. The van der Waals surface area contributed by atoms with Gasteiger partial charge in [0.05, 0.1) is 0 Å². The largest absolute Gasteiger partial charge is 0.324 e. The van der Waals surface area contributed by atoms with Gasteiger partial charge in [0, 0.05) is 68.1 Å². The van der Waals surface area contributed by atoms with E-state index >= 15 is 0 Å². The van der Waals surface area contributed by atoms with E-state index in [1.807, 2.05) is 42.5 Å². The second kappa shape index (κ2) is 23.2. The summed E-state index contributed by atoms with van der Waals surface area (Å²) in [6, 6.07) is 34.1. The minimum Gasteiger partial charge on any atom is -0.320 e. The molecule has 0 aliphatic carbocycles. The van der Waals surface area contributed by atoms with Gasteiger partial charge in [0.1, 0.15) is 0 Å². The fourth-order valence-electron chi connectivity index (χ4n) is 6.24. The van der Waals surface area contributed by atoms with Crippen LogP contribution in [-0.4, -0.2) is 74.0 Å². The number of hydroxylamine groups is 2. The summed E-state index contributed by atoms with van der Waals surface area (Å²) in [7, 11) is 0. The Bertz CT molecular complexity index is 2290. The van der Waals surface area contributed by atoms with E-state index in [0.29, 0.717) is 48.9 Å². The molecule has 1 heterocycles. The first kappa shape index (κ1) is 44.6. The fourth-order valence-corrected chi connectivity index (χ4v) is 6.24. The summed E-state index contributed by atoms with van der Waals surface area (Å²) in [6.45, 7) is 1.06. The molecule has 314 valence electrons. The lowest BCUT2D eigenvalue weighted by Gasteiger charge is -2.23. The summed E-state index contributed by atoms with van der Waals surface area (Å²) in [6.07, 6.45) is 6.73. The molecule has 1 aromatic heterocycles. The summed E-state index contributed by atoms with van der Waals surface area (Å²) in [4.78, 5) is 83.7. The molecule has 61 heavy (non-hydrogen) atoms.